The van der Waals surface area contributed by atoms with Gasteiger partial charge < -0.3 is 39.7 Å². The number of rotatable bonds is 4. The molecule has 1 aliphatic heterocycles. The Morgan fingerprint density at radius 1 is 1.22 bits per heavy atom. The van der Waals surface area contributed by atoms with Gasteiger partial charge in [0, 0.05) is 0 Å². The van der Waals surface area contributed by atoms with Gasteiger partial charge in [-0.2, -0.15) is 0 Å². The van der Waals surface area contributed by atoms with Crippen LogP contribution in [-0.4, -0.2) is 75.9 Å². The van der Waals surface area contributed by atoms with Crippen molar-refractivity contribution in [2.45, 2.75) is 30.7 Å². The van der Waals surface area contributed by atoms with Crippen LogP contribution in [-0.2, 0) is 9.47 Å². The Bertz CT molecular complexity index is 559. The van der Waals surface area contributed by atoms with E-state index in [4.69, 9.17) is 14.6 Å². The molecule has 0 radical (unpaired) electrons. The van der Waals surface area contributed by atoms with Crippen LogP contribution in [0.5, 0.6) is 11.5 Å². The number of aliphatic hydroxyl groups excluding tert-OH is 4. The molecule has 0 saturated carbocycles. The van der Waals surface area contributed by atoms with Crippen LogP contribution in [0.25, 0.3) is 0 Å². The van der Waals surface area contributed by atoms with E-state index < -0.39 is 43.3 Å². The molecule has 0 aliphatic carbocycles. The minimum Gasteiger partial charge on any atom is -0.504 e. The number of phenolic OH excluding ortho intramolecular Hbond substituents is 1. The molecule has 0 bridgehead atoms. The zero-order valence-electron chi connectivity index (χ0n) is 12.2. The summed E-state index contributed by atoms with van der Waals surface area (Å²) in [7, 11) is 1.19. The molecule has 0 aromatic heterocycles. The number of hydrogen-bond acceptors (Lipinski definition) is 9. The van der Waals surface area contributed by atoms with Gasteiger partial charge in [0.05, 0.1) is 19.3 Å². The summed E-state index contributed by atoms with van der Waals surface area (Å²) in [4.78, 5) is 11.5. The van der Waals surface area contributed by atoms with Gasteiger partial charge in [0.1, 0.15) is 24.4 Å². The summed E-state index contributed by atoms with van der Waals surface area (Å²) < 4.78 is 15.0. The van der Waals surface area contributed by atoms with Crippen molar-refractivity contribution in [3.05, 3.63) is 23.8 Å². The molecule has 0 amide bonds. The van der Waals surface area contributed by atoms with Crippen LogP contribution in [0, 0.1) is 0 Å². The highest BCUT2D eigenvalue weighted by molar-refractivity contribution is 5.90. The number of methoxy groups -OCH3 is 1. The fourth-order valence-electron chi connectivity index (χ4n) is 2.14. The number of aromatic hydroxyl groups is 1. The number of phenols is 1. The van der Waals surface area contributed by atoms with Gasteiger partial charge in [0.15, 0.2) is 11.5 Å². The predicted molar refractivity (Wildman–Crippen MR) is 73.8 cm³/mol. The lowest BCUT2D eigenvalue weighted by Gasteiger charge is -2.39. The molecule has 2 rings (SSSR count). The van der Waals surface area contributed by atoms with E-state index in [1.807, 2.05) is 0 Å². The molecule has 0 unspecified atom stereocenters. The monoisotopic (exact) mass is 330 g/mol. The van der Waals surface area contributed by atoms with Crippen molar-refractivity contribution in [3.63, 3.8) is 0 Å². The Hall–Kier alpha value is -1.91. The summed E-state index contributed by atoms with van der Waals surface area (Å²) in [6.07, 6.45) is -7.38. The number of hydrogen-bond donors (Lipinski definition) is 5. The SMILES string of the molecule is COC(=O)c1ccc(O)c(O[C@@H]2O[C@H](CO)[C@@H](O)[C@H](O)[C@H]2O)c1. The van der Waals surface area contributed by atoms with Crippen molar-refractivity contribution in [1.29, 1.82) is 0 Å². The van der Waals surface area contributed by atoms with E-state index in [1.165, 1.54) is 25.3 Å². The minimum atomic E-state index is -1.63. The third-order valence-electron chi connectivity index (χ3n) is 3.47. The second kappa shape index (κ2) is 7.11. The van der Waals surface area contributed by atoms with Crippen molar-refractivity contribution in [1.82, 2.24) is 0 Å². The minimum absolute atomic E-state index is 0.0879. The maximum Gasteiger partial charge on any atom is 0.337 e. The summed E-state index contributed by atoms with van der Waals surface area (Å²) in [5.74, 6) is -1.20. The number of aliphatic hydroxyl groups is 4. The lowest BCUT2D eigenvalue weighted by Crippen LogP contribution is -2.60. The van der Waals surface area contributed by atoms with Crippen LogP contribution in [0.2, 0.25) is 0 Å². The van der Waals surface area contributed by atoms with Crippen molar-refractivity contribution in [2.24, 2.45) is 0 Å². The quantitative estimate of drug-likeness (QED) is 0.410. The molecule has 5 atom stereocenters. The van der Waals surface area contributed by atoms with E-state index in [0.717, 1.165) is 0 Å². The summed E-state index contributed by atoms with van der Waals surface area (Å²) in [5, 5.41) is 48.1. The van der Waals surface area contributed by atoms with Gasteiger partial charge in [-0.3, -0.25) is 0 Å². The molecule has 1 aliphatic rings. The molecular weight excluding hydrogens is 312 g/mol. The molecule has 23 heavy (non-hydrogen) atoms. The molecule has 1 heterocycles. The normalized spacial score (nSPS) is 30.7. The molecule has 5 N–H and O–H groups in total. The number of ether oxygens (including phenoxy) is 3. The highest BCUT2D eigenvalue weighted by atomic mass is 16.7. The number of carbonyl (C=O) groups excluding carboxylic acids is 1. The van der Waals surface area contributed by atoms with Crippen LogP contribution in [0.1, 0.15) is 10.4 Å². The van der Waals surface area contributed by atoms with Crippen LogP contribution in [0.3, 0.4) is 0 Å². The van der Waals surface area contributed by atoms with Crippen molar-refractivity contribution >= 4 is 5.97 Å². The van der Waals surface area contributed by atoms with Crippen molar-refractivity contribution in [3.8, 4) is 11.5 Å². The van der Waals surface area contributed by atoms with E-state index >= 15 is 0 Å². The van der Waals surface area contributed by atoms with E-state index in [-0.39, 0.29) is 17.1 Å². The third-order valence-corrected chi connectivity index (χ3v) is 3.47. The maximum atomic E-state index is 11.5. The van der Waals surface area contributed by atoms with E-state index in [2.05, 4.69) is 4.74 Å². The Balaban J connectivity index is 2.22. The van der Waals surface area contributed by atoms with Crippen LogP contribution >= 0.6 is 0 Å². The Morgan fingerprint density at radius 2 is 1.91 bits per heavy atom. The standard InChI is InChI=1S/C14H18O9/c1-21-13(20)6-2-3-7(16)8(4-6)22-14-12(19)11(18)10(17)9(5-15)23-14/h2-4,9-12,14-19H,5H2,1H3/t9-,10-,11+,12-,14-/m1/s1. The highest BCUT2D eigenvalue weighted by Crippen LogP contribution is 2.31. The second-order valence-electron chi connectivity index (χ2n) is 4.99. The average Bonchev–Trinajstić information content (AvgIpc) is 2.56. The Kier molecular flexibility index (Phi) is 5.39. The molecule has 1 aromatic carbocycles. The molecule has 0 spiro atoms. The van der Waals surface area contributed by atoms with Crippen molar-refractivity contribution < 1.29 is 44.5 Å². The molecule has 1 fully saturated rings. The lowest BCUT2D eigenvalue weighted by molar-refractivity contribution is -0.277. The van der Waals surface area contributed by atoms with E-state index in [1.54, 1.807) is 0 Å². The predicted octanol–water partition coefficient (Wildman–Crippen LogP) is -1.64. The van der Waals surface area contributed by atoms with E-state index in [0.29, 0.717) is 0 Å². The number of benzene rings is 1. The zero-order valence-corrected chi connectivity index (χ0v) is 12.2. The first-order valence-corrected chi connectivity index (χ1v) is 6.77. The largest absolute Gasteiger partial charge is 0.504 e. The zero-order chi connectivity index (χ0) is 17.1. The van der Waals surface area contributed by atoms with Crippen molar-refractivity contribution in [2.75, 3.05) is 13.7 Å². The number of esters is 1. The average molecular weight is 330 g/mol. The fraction of sp³-hybridized carbons (Fsp3) is 0.500. The second-order valence-corrected chi connectivity index (χ2v) is 4.99. The van der Waals surface area contributed by atoms with Crippen LogP contribution in [0.15, 0.2) is 18.2 Å². The van der Waals surface area contributed by atoms with Gasteiger partial charge in [-0.1, -0.05) is 0 Å². The van der Waals surface area contributed by atoms with Crippen LogP contribution in [0.4, 0.5) is 0 Å². The first kappa shape index (κ1) is 17.4. The van der Waals surface area contributed by atoms with Gasteiger partial charge in [-0.05, 0) is 18.2 Å². The van der Waals surface area contributed by atoms with Gasteiger partial charge in [-0.15, -0.1) is 0 Å². The topological polar surface area (TPSA) is 146 Å². The van der Waals surface area contributed by atoms with E-state index in [9.17, 15) is 25.2 Å². The fourth-order valence-corrected chi connectivity index (χ4v) is 2.14. The smallest absolute Gasteiger partial charge is 0.337 e. The third kappa shape index (κ3) is 3.54. The molecule has 128 valence electrons. The summed E-state index contributed by atoms with van der Waals surface area (Å²) in [6.45, 7) is -0.612. The molecule has 9 nitrogen and oxygen atoms in total. The first-order valence-electron chi connectivity index (χ1n) is 6.77. The number of carbonyl (C=O) groups is 1. The molecular formula is C14H18O9. The Labute approximate surface area is 131 Å². The first-order chi connectivity index (χ1) is 10.9. The van der Waals surface area contributed by atoms with Gasteiger partial charge >= 0.3 is 5.97 Å². The van der Waals surface area contributed by atoms with Gasteiger partial charge in [0.25, 0.3) is 0 Å². The molecule has 1 saturated heterocycles. The highest BCUT2D eigenvalue weighted by Gasteiger charge is 2.44. The van der Waals surface area contributed by atoms with Crippen LogP contribution < -0.4 is 4.74 Å². The van der Waals surface area contributed by atoms with Gasteiger partial charge in [-0.25, -0.2) is 4.79 Å². The summed E-state index contributed by atoms with van der Waals surface area (Å²) in [6, 6.07) is 3.66. The summed E-state index contributed by atoms with van der Waals surface area (Å²) in [5.41, 5.74) is 0.0879. The Morgan fingerprint density at radius 3 is 2.52 bits per heavy atom. The lowest BCUT2D eigenvalue weighted by atomic mass is 9.99. The summed E-state index contributed by atoms with van der Waals surface area (Å²) >= 11 is 0. The maximum absolute atomic E-state index is 11.5. The molecule has 1 aromatic rings. The molecule has 9 heteroatoms. The van der Waals surface area contributed by atoms with Gasteiger partial charge in [0.2, 0.25) is 6.29 Å².